The summed E-state index contributed by atoms with van der Waals surface area (Å²) in [5.41, 5.74) is 2.21. The highest BCUT2D eigenvalue weighted by Gasteiger charge is 2.33. The molecule has 3 rings (SSSR count). The molecule has 1 heterocycles. The van der Waals surface area contributed by atoms with Gasteiger partial charge in [0.05, 0.1) is 11.3 Å². The summed E-state index contributed by atoms with van der Waals surface area (Å²) in [6.45, 7) is 0. The van der Waals surface area contributed by atoms with Crippen LogP contribution in [-0.2, 0) is 10.5 Å². The Balaban J connectivity index is 1.81. The molecule has 0 radical (unpaired) electrons. The lowest BCUT2D eigenvalue weighted by atomic mass is 10.1. The summed E-state index contributed by atoms with van der Waals surface area (Å²) in [6.07, 6.45) is 0. The zero-order chi connectivity index (χ0) is 15.0. The Morgan fingerprint density at radius 1 is 1.14 bits per heavy atom. The molecule has 3 nitrogen and oxygen atoms in total. The second-order valence-electron chi connectivity index (χ2n) is 4.75. The van der Waals surface area contributed by atoms with Gasteiger partial charge in [-0.2, -0.15) is 0 Å². The third-order valence-corrected chi connectivity index (χ3v) is 4.84. The summed E-state index contributed by atoms with van der Waals surface area (Å²) in [5.74, 6) is -0.169. The number of benzene rings is 2. The number of halogens is 1. The average molecular weight is 318 g/mol. The zero-order valence-electron chi connectivity index (χ0n) is 11.3. The predicted molar refractivity (Wildman–Crippen MR) is 85.2 cm³/mol. The number of carbonyl (C=O) groups is 2. The largest absolute Gasteiger partial charge is 0.308 e. The van der Waals surface area contributed by atoms with Crippen LogP contribution in [0.4, 0.5) is 5.69 Å². The van der Waals surface area contributed by atoms with Gasteiger partial charge in [-0.05, 0) is 29.8 Å². The molecule has 21 heavy (non-hydrogen) atoms. The maximum atomic E-state index is 11.7. The summed E-state index contributed by atoms with van der Waals surface area (Å²) in [4.78, 5) is 25.8. The predicted octanol–water partition coefficient (Wildman–Crippen LogP) is 3.79. The molecule has 0 aliphatic carbocycles. The number of nitrogens with zero attached hydrogens (tertiary/aromatic N) is 1. The number of Topliss-reactive ketones (excluding diaryl/α,β-unsaturated/α-hetero) is 1. The van der Waals surface area contributed by atoms with Crippen molar-refractivity contribution in [2.45, 2.75) is 10.6 Å². The van der Waals surface area contributed by atoms with E-state index in [0.29, 0.717) is 11.3 Å². The number of hydrogen-bond acceptors (Lipinski definition) is 3. The van der Waals surface area contributed by atoms with Crippen LogP contribution in [0.3, 0.4) is 0 Å². The highest BCUT2D eigenvalue weighted by Crippen LogP contribution is 2.34. The first kappa shape index (κ1) is 14.2. The number of rotatable bonds is 3. The average Bonchev–Trinajstić information content (AvgIpc) is 2.71. The van der Waals surface area contributed by atoms with Crippen LogP contribution >= 0.6 is 23.4 Å². The van der Waals surface area contributed by atoms with E-state index in [1.165, 1.54) is 4.90 Å². The fraction of sp³-hybridized carbons (Fsp3) is 0.125. The van der Waals surface area contributed by atoms with Gasteiger partial charge in [-0.3, -0.25) is 9.59 Å². The molecule has 0 bridgehead atoms. The molecule has 0 saturated heterocycles. The van der Waals surface area contributed by atoms with E-state index in [1.54, 1.807) is 24.9 Å². The second kappa shape index (κ2) is 5.54. The van der Waals surface area contributed by atoms with Crippen molar-refractivity contribution in [1.82, 2.24) is 0 Å². The van der Waals surface area contributed by atoms with Crippen molar-refractivity contribution in [3.8, 4) is 0 Å². The van der Waals surface area contributed by atoms with Crippen LogP contribution < -0.4 is 4.90 Å². The molecular formula is C16H12ClNO2S. The van der Waals surface area contributed by atoms with E-state index < -0.39 is 11.7 Å². The topological polar surface area (TPSA) is 37.4 Å². The highest BCUT2D eigenvalue weighted by molar-refractivity contribution is 7.98. The van der Waals surface area contributed by atoms with E-state index >= 15 is 0 Å². The van der Waals surface area contributed by atoms with Crippen LogP contribution in [-0.4, -0.2) is 18.7 Å². The van der Waals surface area contributed by atoms with Crippen molar-refractivity contribution in [3.63, 3.8) is 0 Å². The Hall–Kier alpha value is -1.78. The molecule has 0 aromatic heterocycles. The lowest BCUT2D eigenvalue weighted by molar-refractivity contribution is -0.114. The Labute approximate surface area is 131 Å². The molecular weight excluding hydrogens is 306 g/mol. The van der Waals surface area contributed by atoms with Crippen molar-refractivity contribution in [1.29, 1.82) is 0 Å². The summed E-state index contributed by atoms with van der Waals surface area (Å²) >= 11 is 7.76. The Bertz CT molecular complexity index is 745. The molecule has 1 aliphatic rings. The Morgan fingerprint density at radius 2 is 1.90 bits per heavy atom. The van der Waals surface area contributed by atoms with Gasteiger partial charge in [0.2, 0.25) is 0 Å². The van der Waals surface area contributed by atoms with Gasteiger partial charge >= 0.3 is 0 Å². The number of anilines is 1. The monoisotopic (exact) mass is 317 g/mol. The molecule has 0 fully saturated rings. The van der Waals surface area contributed by atoms with Gasteiger partial charge in [0.1, 0.15) is 0 Å². The normalized spacial score (nSPS) is 13.7. The number of ketones is 1. The standard InChI is InChI=1S/C16H12ClNO2S/c1-18-14-8-11(6-7-12(14)15(19)16(18)20)21-9-10-4-2-3-5-13(10)17/h2-8H,9H2,1H3. The van der Waals surface area contributed by atoms with Gasteiger partial charge in [-0.25, -0.2) is 0 Å². The number of amides is 1. The first-order chi connectivity index (χ1) is 10.1. The van der Waals surface area contributed by atoms with Crippen LogP contribution in [0, 0.1) is 0 Å². The molecule has 0 spiro atoms. The Kier molecular flexibility index (Phi) is 3.74. The minimum absolute atomic E-state index is 0.435. The van der Waals surface area contributed by atoms with E-state index in [9.17, 15) is 9.59 Å². The van der Waals surface area contributed by atoms with Gasteiger partial charge in [-0.1, -0.05) is 29.8 Å². The number of fused-ring (bicyclic) bond motifs is 1. The number of likely N-dealkylation sites (N-methyl/N-ethyl adjacent to an activating group) is 1. The highest BCUT2D eigenvalue weighted by atomic mass is 35.5. The summed E-state index contributed by atoms with van der Waals surface area (Å²) < 4.78 is 0. The van der Waals surface area contributed by atoms with Gasteiger partial charge < -0.3 is 4.90 Å². The summed E-state index contributed by atoms with van der Waals surface area (Å²) in [6, 6.07) is 13.2. The molecule has 2 aromatic carbocycles. The molecule has 0 N–H and O–H groups in total. The molecule has 0 atom stereocenters. The fourth-order valence-electron chi connectivity index (χ4n) is 2.22. The number of carbonyl (C=O) groups excluding carboxylic acids is 2. The van der Waals surface area contributed by atoms with Crippen LogP contribution in [0.2, 0.25) is 5.02 Å². The molecule has 5 heteroatoms. The molecule has 1 aliphatic heterocycles. The van der Waals surface area contributed by atoms with Crippen molar-refractivity contribution in [2.24, 2.45) is 0 Å². The molecule has 1 amide bonds. The molecule has 2 aromatic rings. The zero-order valence-corrected chi connectivity index (χ0v) is 12.9. The molecule has 106 valence electrons. The van der Waals surface area contributed by atoms with E-state index in [2.05, 4.69) is 0 Å². The first-order valence-electron chi connectivity index (χ1n) is 6.40. The molecule has 0 unspecified atom stereocenters. The van der Waals surface area contributed by atoms with Crippen LogP contribution in [0.5, 0.6) is 0 Å². The Morgan fingerprint density at radius 3 is 2.67 bits per heavy atom. The quantitative estimate of drug-likeness (QED) is 0.638. The van der Waals surface area contributed by atoms with Gasteiger partial charge in [0.15, 0.2) is 0 Å². The summed E-state index contributed by atoms with van der Waals surface area (Å²) in [7, 11) is 1.62. The van der Waals surface area contributed by atoms with Gasteiger partial charge in [0, 0.05) is 22.7 Å². The van der Waals surface area contributed by atoms with E-state index in [4.69, 9.17) is 11.6 Å². The lowest BCUT2D eigenvalue weighted by Crippen LogP contribution is -2.24. The van der Waals surface area contributed by atoms with Crippen molar-refractivity contribution < 1.29 is 9.59 Å². The minimum atomic E-state index is -0.474. The third kappa shape index (κ3) is 2.57. The van der Waals surface area contributed by atoms with Crippen molar-refractivity contribution in [3.05, 3.63) is 58.6 Å². The van der Waals surface area contributed by atoms with Crippen LogP contribution in [0.25, 0.3) is 0 Å². The maximum absolute atomic E-state index is 11.7. The maximum Gasteiger partial charge on any atom is 0.299 e. The third-order valence-electron chi connectivity index (χ3n) is 3.43. The number of thioether (sulfide) groups is 1. The lowest BCUT2D eigenvalue weighted by Gasteiger charge is -2.10. The second-order valence-corrected chi connectivity index (χ2v) is 6.21. The minimum Gasteiger partial charge on any atom is -0.308 e. The van der Waals surface area contributed by atoms with E-state index in [1.807, 2.05) is 36.4 Å². The smallest absolute Gasteiger partial charge is 0.299 e. The van der Waals surface area contributed by atoms with Gasteiger partial charge in [-0.15, -0.1) is 11.8 Å². The van der Waals surface area contributed by atoms with Crippen LogP contribution in [0.15, 0.2) is 47.4 Å². The SMILES string of the molecule is CN1C(=O)C(=O)c2ccc(SCc3ccccc3Cl)cc21. The first-order valence-corrected chi connectivity index (χ1v) is 7.77. The summed E-state index contributed by atoms with van der Waals surface area (Å²) in [5, 5.41) is 0.744. The van der Waals surface area contributed by atoms with Gasteiger partial charge in [0.25, 0.3) is 11.7 Å². The van der Waals surface area contributed by atoms with Crippen LogP contribution in [0.1, 0.15) is 15.9 Å². The van der Waals surface area contributed by atoms with Crippen molar-refractivity contribution in [2.75, 3.05) is 11.9 Å². The van der Waals surface area contributed by atoms with Crippen molar-refractivity contribution >= 4 is 40.7 Å². The molecule has 0 saturated carbocycles. The van der Waals surface area contributed by atoms with E-state index in [0.717, 1.165) is 21.2 Å². The number of hydrogen-bond donors (Lipinski definition) is 0. The fourth-order valence-corrected chi connectivity index (χ4v) is 3.44. The van der Waals surface area contributed by atoms with E-state index in [-0.39, 0.29) is 0 Å².